The highest BCUT2D eigenvalue weighted by molar-refractivity contribution is 8.00. The SMILES string of the molecule is CCOc1ccc2nc(NC(=O)C(CC)Sc3nc4c(cc3C#N)CCCCC4)sc2c1. The van der Waals surface area contributed by atoms with Gasteiger partial charge in [-0.3, -0.25) is 4.79 Å². The van der Waals surface area contributed by atoms with E-state index >= 15 is 0 Å². The van der Waals surface area contributed by atoms with Crippen molar-refractivity contribution in [2.45, 2.75) is 62.6 Å². The fourth-order valence-corrected chi connectivity index (χ4v) is 5.71. The molecule has 1 atom stereocenters. The summed E-state index contributed by atoms with van der Waals surface area (Å²) in [5.41, 5.74) is 3.65. The van der Waals surface area contributed by atoms with Crippen LogP contribution in [0.5, 0.6) is 5.75 Å². The van der Waals surface area contributed by atoms with Crippen LogP contribution in [0.4, 0.5) is 5.13 Å². The second kappa shape index (κ2) is 10.3. The van der Waals surface area contributed by atoms with Crippen LogP contribution in [0, 0.1) is 11.3 Å². The number of anilines is 1. The van der Waals surface area contributed by atoms with Crippen molar-refractivity contribution in [2.75, 3.05) is 11.9 Å². The summed E-state index contributed by atoms with van der Waals surface area (Å²) in [5, 5.41) is 13.5. The normalized spacial score (nSPS) is 14.3. The van der Waals surface area contributed by atoms with Gasteiger partial charge in [-0.2, -0.15) is 5.26 Å². The minimum Gasteiger partial charge on any atom is -0.494 e. The number of amides is 1. The molecule has 1 unspecified atom stereocenters. The first kappa shape index (κ1) is 22.6. The molecule has 8 heteroatoms. The monoisotopic (exact) mass is 466 g/mol. The molecule has 1 aromatic carbocycles. The van der Waals surface area contributed by atoms with Gasteiger partial charge in [-0.15, -0.1) is 0 Å². The number of fused-ring (bicyclic) bond motifs is 2. The van der Waals surface area contributed by atoms with Crippen molar-refractivity contribution in [1.82, 2.24) is 9.97 Å². The number of hydrogen-bond donors (Lipinski definition) is 1. The van der Waals surface area contributed by atoms with Crippen molar-refractivity contribution in [1.29, 1.82) is 5.26 Å². The predicted molar refractivity (Wildman–Crippen MR) is 130 cm³/mol. The van der Waals surface area contributed by atoms with Crippen LogP contribution in [0.3, 0.4) is 0 Å². The van der Waals surface area contributed by atoms with Crippen molar-refractivity contribution in [3.63, 3.8) is 0 Å². The lowest BCUT2D eigenvalue weighted by molar-refractivity contribution is -0.115. The van der Waals surface area contributed by atoms with Crippen LogP contribution in [0.15, 0.2) is 29.3 Å². The standard InChI is InChI=1S/C24H26N4O2S2/c1-3-20(31-23-16(14-25)12-15-8-6-5-7-9-18(15)26-23)22(29)28-24-27-19-11-10-17(30-4-2)13-21(19)32-24/h10-13,20H,3-9H2,1-2H3,(H,27,28,29). The third-order valence-corrected chi connectivity index (χ3v) is 7.75. The number of thioether (sulfide) groups is 1. The zero-order valence-electron chi connectivity index (χ0n) is 18.3. The number of hydrogen-bond acceptors (Lipinski definition) is 7. The number of thiazole rings is 1. The van der Waals surface area contributed by atoms with Gasteiger partial charge in [-0.25, -0.2) is 9.97 Å². The average molecular weight is 467 g/mol. The van der Waals surface area contributed by atoms with E-state index < -0.39 is 0 Å². The van der Waals surface area contributed by atoms with Crippen LogP contribution in [0.2, 0.25) is 0 Å². The lowest BCUT2D eigenvalue weighted by atomic mass is 10.1. The van der Waals surface area contributed by atoms with Gasteiger partial charge in [0.1, 0.15) is 16.8 Å². The van der Waals surface area contributed by atoms with E-state index in [-0.39, 0.29) is 11.2 Å². The highest BCUT2D eigenvalue weighted by atomic mass is 32.2. The molecule has 2 heterocycles. The molecule has 6 nitrogen and oxygen atoms in total. The Balaban J connectivity index is 1.51. The number of benzene rings is 1. The summed E-state index contributed by atoms with van der Waals surface area (Å²) < 4.78 is 6.51. The van der Waals surface area contributed by atoms with Gasteiger partial charge >= 0.3 is 0 Å². The maximum atomic E-state index is 13.0. The van der Waals surface area contributed by atoms with Crippen molar-refractivity contribution in [3.05, 3.63) is 41.1 Å². The van der Waals surface area contributed by atoms with Gasteiger partial charge in [-0.1, -0.05) is 36.4 Å². The van der Waals surface area contributed by atoms with Crippen molar-refractivity contribution in [3.8, 4) is 11.8 Å². The molecule has 0 radical (unpaired) electrons. The van der Waals surface area contributed by atoms with Gasteiger partial charge in [0.25, 0.3) is 0 Å². The van der Waals surface area contributed by atoms with Gasteiger partial charge in [-0.05, 0) is 68.9 Å². The zero-order chi connectivity index (χ0) is 22.5. The molecule has 0 saturated heterocycles. The Morgan fingerprint density at radius 1 is 1.25 bits per heavy atom. The number of pyridine rings is 1. The molecule has 1 amide bonds. The minimum atomic E-state index is -0.357. The van der Waals surface area contributed by atoms with E-state index in [1.54, 1.807) is 0 Å². The Bertz CT molecular complexity index is 1170. The number of carbonyl (C=O) groups excluding carboxylic acids is 1. The quantitative estimate of drug-likeness (QED) is 0.353. The van der Waals surface area contributed by atoms with E-state index in [0.717, 1.165) is 47.3 Å². The lowest BCUT2D eigenvalue weighted by Gasteiger charge is -2.15. The largest absolute Gasteiger partial charge is 0.494 e. The predicted octanol–water partition coefficient (Wildman–Crippen LogP) is 5.74. The summed E-state index contributed by atoms with van der Waals surface area (Å²) in [4.78, 5) is 22.4. The van der Waals surface area contributed by atoms with Crippen molar-refractivity contribution in [2.24, 2.45) is 0 Å². The van der Waals surface area contributed by atoms with E-state index in [0.29, 0.717) is 28.7 Å². The van der Waals surface area contributed by atoms with E-state index in [1.807, 2.05) is 38.1 Å². The smallest absolute Gasteiger partial charge is 0.239 e. The minimum absolute atomic E-state index is 0.123. The lowest BCUT2D eigenvalue weighted by Crippen LogP contribution is -2.24. The van der Waals surface area contributed by atoms with Crippen LogP contribution >= 0.6 is 23.1 Å². The second-order valence-electron chi connectivity index (χ2n) is 7.70. The summed E-state index contributed by atoms with van der Waals surface area (Å²) in [6.07, 6.45) is 5.99. The molecule has 2 aromatic heterocycles. The number of nitriles is 1. The highest BCUT2D eigenvalue weighted by Crippen LogP contribution is 2.33. The molecule has 1 aliphatic rings. The Labute approximate surface area is 196 Å². The molecule has 32 heavy (non-hydrogen) atoms. The molecule has 3 aromatic rings. The molecule has 1 aliphatic carbocycles. The topological polar surface area (TPSA) is 87.9 Å². The van der Waals surface area contributed by atoms with Crippen LogP contribution in [0.25, 0.3) is 10.2 Å². The number of nitrogens with zero attached hydrogens (tertiary/aromatic N) is 3. The fourth-order valence-electron chi connectivity index (χ4n) is 3.82. The molecule has 166 valence electrons. The van der Waals surface area contributed by atoms with Gasteiger partial charge in [0.05, 0.1) is 27.6 Å². The Morgan fingerprint density at radius 2 is 2.09 bits per heavy atom. The summed E-state index contributed by atoms with van der Waals surface area (Å²) in [6.45, 7) is 4.52. The zero-order valence-corrected chi connectivity index (χ0v) is 19.9. The first-order valence-electron chi connectivity index (χ1n) is 11.0. The Kier molecular flexibility index (Phi) is 7.28. The van der Waals surface area contributed by atoms with Crippen LogP contribution in [-0.4, -0.2) is 27.7 Å². The first-order chi connectivity index (χ1) is 15.6. The van der Waals surface area contributed by atoms with Crippen LogP contribution < -0.4 is 10.1 Å². The number of rotatable bonds is 7. The van der Waals surface area contributed by atoms with Crippen LogP contribution in [0.1, 0.15) is 56.4 Å². The molecule has 0 aliphatic heterocycles. The summed E-state index contributed by atoms with van der Waals surface area (Å²) in [5.74, 6) is 0.670. The molecule has 1 N–H and O–H groups in total. The second-order valence-corrected chi connectivity index (χ2v) is 9.93. The third-order valence-electron chi connectivity index (χ3n) is 5.45. The molecule has 0 saturated carbocycles. The maximum Gasteiger partial charge on any atom is 0.239 e. The highest BCUT2D eigenvalue weighted by Gasteiger charge is 2.23. The van der Waals surface area contributed by atoms with Gasteiger partial charge in [0, 0.05) is 5.69 Å². The molecule has 0 fully saturated rings. The Hall–Kier alpha value is -2.63. The molecular formula is C24H26N4O2S2. The summed E-state index contributed by atoms with van der Waals surface area (Å²) in [7, 11) is 0. The molecular weight excluding hydrogens is 440 g/mol. The van der Waals surface area contributed by atoms with Crippen molar-refractivity contribution >= 4 is 44.4 Å². The summed E-state index contributed by atoms with van der Waals surface area (Å²) >= 11 is 2.80. The molecule has 4 rings (SSSR count). The van der Waals surface area contributed by atoms with Gasteiger partial charge in [0.2, 0.25) is 5.91 Å². The number of nitrogens with one attached hydrogen (secondary N) is 1. The van der Waals surface area contributed by atoms with E-state index in [1.165, 1.54) is 35.1 Å². The molecule has 0 bridgehead atoms. The van der Waals surface area contributed by atoms with Gasteiger partial charge in [0.15, 0.2) is 5.13 Å². The van der Waals surface area contributed by atoms with Gasteiger partial charge < -0.3 is 10.1 Å². The number of carbonyl (C=O) groups is 1. The maximum absolute atomic E-state index is 13.0. The van der Waals surface area contributed by atoms with E-state index in [2.05, 4.69) is 16.4 Å². The number of ether oxygens (including phenoxy) is 1. The first-order valence-corrected chi connectivity index (χ1v) is 12.7. The third kappa shape index (κ3) is 5.05. The Morgan fingerprint density at radius 3 is 2.88 bits per heavy atom. The average Bonchev–Trinajstić information content (AvgIpc) is 3.04. The van der Waals surface area contributed by atoms with E-state index in [9.17, 15) is 10.1 Å². The summed E-state index contributed by atoms with van der Waals surface area (Å²) in [6, 6.07) is 9.98. The fraction of sp³-hybridized carbons (Fsp3) is 0.417. The molecule has 0 spiro atoms. The van der Waals surface area contributed by atoms with E-state index in [4.69, 9.17) is 9.72 Å². The number of aromatic nitrogens is 2. The van der Waals surface area contributed by atoms with Crippen LogP contribution in [-0.2, 0) is 17.6 Å². The van der Waals surface area contributed by atoms with Crippen molar-refractivity contribution < 1.29 is 9.53 Å². The number of aryl methyl sites for hydroxylation is 2.